The Morgan fingerprint density at radius 3 is 2.67 bits per heavy atom. The van der Waals surface area contributed by atoms with Crippen LogP contribution in [0.4, 0.5) is 0 Å². The topological polar surface area (TPSA) is 135 Å². The maximum atomic E-state index is 12.0. The summed E-state index contributed by atoms with van der Waals surface area (Å²) in [5.74, 6) is 1.15. The molecule has 13 heteroatoms. The number of hydrogen-bond acceptors (Lipinski definition) is 6. The summed E-state index contributed by atoms with van der Waals surface area (Å²) in [6, 6.07) is 6.72. The van der Waals surface area contributed by atoms with Gasteiger partial charge in [0.15, 0.2) is 15.8 Å². The molecule has 0 spiro atoms. The zero-order valence-corrected chi connectivity index (χ0v) is 21.5. The molecule has 3 rings (SSSR count). The predicted octanol–water partition coefficient (Wildman–Crippen LogP) is 0.995. The summed E-state index contributed by atoms with van der Waals surface area (Å²) in [6.45, 7) is 2.25. The molecule has 0 saturated carbocycles. The Balaban J connectivity index is 0.00000385. The van der Waals surface area contributed by atoms with Crippen molar-refractivity contribution >= 4 is 44.4 Å². The van der Waals surface area contributed by atoms with Gasteiger partial charge in [-0.1, -0.05) is 11.6 Å². The highest BCUT2D eigenvalue weighted by molar-refractivity contribution is 8.93. The highest BCUT2D eigenvalue weighted by atomic mass is 79.9. The minimum Gasteiger partial charge on any atom is -0.489 e. The van der Waals surface area contributed by atoms with Crippen molar-refractivity contribution in [3.05, 3.63) is 61.9 Å². The number of halogens is 2. The number of guanidine groups is 1. The number of ether oxygens (including phenoxy) is 1. The Morgan fingerprint density at radius 1 is 1.33 bits per heavy atom. The van der Waals surface area contributed by atoms with Crippen LogP contribution in [0.3, 0.4) is 0 Å². The lowest BCUT2D eigenvalue weighted by atomic mass is 10.3. The summed E-state index contributed by atoms with van der Waals surface area (Å²) in [7, 11) is -1.54. The Kier molecular flexibility index (Phi) is 9.56. The molecule has 0 aliphatic carbocycles. The van der Waals surface area contributed by atoms with E-state index in [2.05, 4.69) is 20.6 Å². The van der Waals surface area contributed by atoms with Gasteiger partial charge in [0.1, 0.15) is 11.9 Å². The zero-order valence-electron chi connectivity index (χ0n) is 18.2. The minimum absolute atomic E-state index is 0. The van der Waals surface area contributed by atoms with Gasteiger partial charge in [-0.15, -0.1) is 17.0 Å². The van der Waals surface area contributed by atoms with E-state index in [0.717, 1.165) is 0 Å². The third-order valence-electron chi connectivity index (χ3n) is 4.87. The molecular weight excluding hydrogens is 538 g/mol. The third-order valence-corrected chi connectivity index (χ3v) is 6.89. The first-order chi connectivity index (χ1) is 15.1. The number of aromatic nitrogens is 2. The SMILES string of the molecule is Br.CC(CNC(=NCc1cn(C)c(=O)[nH]c1=O)NC1CCS(=O)(=O)C1)Oc1ccc(Cl)cc1. The van der Waals surface area contributed by atoms with E-state index in [4.69, 9.17) is 16.3 Å². The van der Waals surface area contributed by atoms with Crippen molar-refractivity contribution < 1.29 is 13.2 Å². The molecule has 0 bridgehead atoms. The number of aromatic amines is 1. The molecule has 1 saturated heterocycles. The molecule has 182 valence electrons. The van der Waals surface area contributed by atoms with Gasteiger partial charge in [-0.3, -0.25) is 9.78 Å². The maximum absolute atomic E-state index is 12.0. The van der Waals surface area contributed by atoms with E-state index in [1.165, 1.54) is 17.8 Å². The second-order valence-electron chi connectivity index (χ2n) is 7.70. The van der Waals surface area contributed by atoms with Crippen molar-refractivity contribution in [3.8, 4) is 5.75 Å². The molecule has 1 aromatic heterocycles. The van der Waals surface area contributed by atoms with Gasteiger partial charge in [0.2, 0.25) is 0 Å². The monoisotopic (exact) mass is 563 g/mol. The van der Waals surface area contributed by atoms with Crippen LogP contribution in [0.1, 0.15) is 18.9 Å². The van der Waals surface area contributed by atoms with Crippen LogP contribution >= 0.6 is 28.6 Å². The fourth-order valence-electron chi connectivity index (χ4n) is 3.18. The van der Waals surface area contributed by atoms with Crippen molar-refractivity contribution in [1.82, 2.24) is 20.2 Å². The van der Waals surface area contributed by atoms with Crippen LogP contribution in [0.2, 0.25) is 5.02 Å². The van der Waals surface area contributed by atoms with E-state index in [1.54, 1.807) is 24.3 Å². The summed E-state index contributed by atoms with van der Waals surface area (Å²) in [5, 5.41) is 6.87. The van der Waals surface area contributed by atoms with Gasteiger partial charge in [-0.25, -0.2) is 18.2 Å². The van der Waals surface area contributed by atoms with E-state index in [0.29, 0.717) is 35.3 Å². The van der Waals surface area contributed by atoms with E-state index < -0.39 is 21.1 Å². The normalized spacial score (nSPS) is 18.3. The lowest BCUT2D eigenvalue weighted by Gasteiger charge is -2.20. The summed E-state index contributed by atoms with van der Waals surface area (Å²) >= 11 is 5.89. The van der Waals surface area contributed by atoms with Crippen molar-refractivity contribution in [1.29, 1.82) is 0 Å². The smallest absolute Gasteiger partial charge is 0.328 e. The molecule has 1 fully saturated rings. The minimum atomic E-state index is -3.07. The number of benzene rings is 1. The highest BCUT2D eigenvalue weighted by Crippen LogP contribution is 2.16. The van der Waals surface area contributed by atoms with Crippen LogP contribution < -0.4 is 26.6 Å². The Labute approximate surface area is 207 Å². The summed E-state index contributed by atoms with van der Waals surface area (Å²) in [4.78, 5) is 30.2. The molecule has 0 amide bonds. The molecular formula is C20H27BrClN5O5S. The summed E-state index contributed by atoms with van der Waals surface area (Å²) in [6.07, 6.45) is 1.66. The first-order valence-electron chi connectivity index (χ1n) is 10.1. The second kappa shape index (κ2) is 11.7. The van der Waals surface area contributed by atoms with Gasteiger partial charge in [0, 0.05) is 24.3 Å². The van der Waals surface area contributed by atoms with Crippen molar-refractivity contribution in [2.45, 2.75) is 32.0 Å². The van der Waals surface area contributed by atoms with Gasteiger partial charge in [-0.05, 0) is 37.6 Å². The third kappa shape index (κ3) is 8.20. The lowest BCUT2D eigenvalue weighted by molar-refractivity contribution is 0.223. The molecule has 2 aromatic rings. The quantitative estimate of drug-likeness (QED) is 0.337. The van der Waals surface area contributed by atoms with Crippen LogP contribution in [0, 0.1) is 0 Å². The predicted molar refractivity (Wildman–Crippen MR) is 134 cm³/mol. The van der Waals surface area contributed by atoms with Crippen LogP contribution in [0.15, 0.2) is 45.0 Å². The molecule has 2 atom stereocenters. The average molecular weight is 565 g/mol. The molecule has 2 heterocycles. The number of aliphatic imine (C=N–C) groups is 1. The number of H-pyrrole nitrogens is 1. The molecule has 10 nitrogen and oxygen atoms in total. The number of hydrogen-bond donors (Lipinski definition) is 3. The number of rotatable bonds is 7. The van der Waals surface area contributed by atoms with Crippen LogP contribution in [-0.2, 0) is 23.4 Å². The van der Waals surface area contributed by atoms with E-state index in [1.807, 2.05) is 6.92 Å². The van der Waals surface area contributed by atoms with Gasteiger partial charge in [0.05, 0.1) is 30.2 Å². The summed E-state index contributed by atoms with van der Waals surface area (Å²) < 4.78 is 30.7. The van der Waals surface area contributed by atoms with Crippen LogP contribution in [0.25, 0.3) is 0 Å². The highest BCUT2D eigenvalue weighted by Gasteiger charge is 2.28. The molecule has 3 N–H and O–H groups in total. The van der Waals surface area contributed by atoms with E-state index in [9.17, 15) is 18.0 Å². The zero-order chi connectivity index (χ0) is 23.3. The van der Waals surface area contributed by atoms with E-state index >= 15 is 0 Å². The second-order valence-corrected chi connectivity index (χ2v) is 10.4. The first-order valence-corrected chi connectivity index (χ1v) is 12.3. The van der Waals surface area contributed by atoms with Crippen molar-refractivity contribution in [2.24, 2.45) is 12.0 Å². The number of sulfone groups is 1. The molecule has 33 heavy (non-hydrogen) atoms. The van der Waals surface area contributed by atoms with Gasteiger partial charge in [0.25, 0.3) is 5.56 Å². The van der Waals surface area contributed by atoms with Crippen LogP contribution in [-0.4, -0.2) is 54.1 Å². The van der Waals surface area contributed by atoms with Gasteiger partial charge < -0.3 is 19.9 Å². The fraction of sp³-hybridized carbons (Fsp3) is 0.450. The van der Waals surface area contributed by atoms with Crippen molar-refractivity contribution in [2.75, 3.05) is 18.1 Å². The Morgan fingerprint density at radius 2 is 2.03 bits per heavy atom. The van der Waals surface area contributed by atoms with Gasteiger partial charge in [-0.2, -0.15) is 0 Å². The molecule has 1 aromatic carbocycles. The number of nitrogens with one attached hydrogen (secondary N) is 3. The Bertz CT molecular complexity index is 1200. The van der Waals surface area contributed by atoms with Crippen molar-refractivity contribution in [3.63, 3.8) is 0 Å². The molecule has 1 aliphatic rings. The van der Waals surface area contributed by atoms with Crippen LogP contribution in [0.5, 0.6) is 5.75 Å². The summed E-state index contributed by atoms with van der Waals surface area (Å²) in [5.41, 5.74) is -0.722. The first kappa shape index (κ1) is 26.9. The van der Waals surface area contributed by atoms with Gasteiger partial charge >= 0.3 is 5.69 Å². The lowest BCUT2D eigenvalue weighted by Crippen LogP contribution is -2.46. The molecule has 0 radical (unpaired) electrons. The molecule has 1 aliphatic heterocycles. The van der Waals surface area contributed by atoms with E-state index in [-0.39, 0.29) is 47.2 Å². The Hall–Kier alpha value is -2.31. The number of nitrogens with zero attached hydrogens (tertiary/aromatic N) is 2. The number of aryl methyl sites for hydroxylation is 1. The molecule has 2 unspecified atom stereocenters. The fourth-order valence-corrected chi connectivity index (χ4v) is 4.98. The maximum Gasteiger partial charge on any atom is 0.328 e. The largest absolute Gasteiger partial charge is 0.489 e. The average Bonchev–Trinajstić information content (AvgIpc) is 3.07. The standard InChI is InChI=1S/C20H26ClN5O5S.BrH/c1-13(31-17-5-3-15(21)4-6-17)9-22-19(24-16-7-8-32(29,30)12-16)23-10-14-11-26(2)20(28)25-18(14)27;/h3-6,11,13,16H,7-10,12H2,1-2H3,(H2,22,23,24)(H,25,27,28);1H.